The minimum Gasteiger partial charge on any atom is -0.473 e. The van der Waals surface area contributed by atoms with Crippen LogP contribution in [0.4, 0.5) is 10.5 Å². The first-order chi connectivity index (χ1) is 22.7. The summed E-state index contributed by atoms with van der Waals surface area (Å²) in [6.07, 6.45) is 2.54. The van der Waals surface area contributed by atoms with Gasteiger partial charge < -0.3 is 30.2 Å². The number of benzene rings is 3. The van der Waals surface area contributed by atoms with Gasteiger partial charge in [-0.25, -0.2) is 4.79 Å². The normalized spacial score (nSPS) is 13.4. The molecule has 5 rings (SSSR count). The highest BCUT2D eigenvalue weighted by Gasteiger charge is 2.25. The summed E-state index contributed by atoms with van der Waals surface area (Å²) in [7, 11) is 1.89. The highest BCUT2D eigenvalue weighted by atomic mass is 16.6. The lowest BCUT2D eigenvalue weighted by Gasteiger charge is -2.30. The molecule has 248 valence electrons. The van der Waals surface area contributed by atoms with Gasteiger partial charge in [0.2, 0.25) is 11.8 Å². The van der Waals surface area contributed by atoms with Gasteiger partial charge in [0.25, 0.3) is 0 Å². The SMILES string of the molecule is CC.CNc1cc(C2=CCN(C(=O)OC(C)(C)C)CC2)ccc1C(N)c1ccc(OCc2ccccc2)nc1OCc1ccccc1. The van der Waals surface area contributed by atoms with Crippen molar-refractivity contribution in [3.8, 4) is 11.8 Å². The van der Waals surface area contributed by atoms with Crippen LogP contribution in [0.15, 0.2) is 97.1 Å². The minimum absolute atomic E-state index is 0.287. The lowest BCUT2D eigenvalue weighted by Crippen LogP contribution is -2.39. The van der Waals surface area contributed by atoms with Crippen molar-refractivity contribution in [2.75, 3.05) is 25.5 Å². The van der Waals surface area contributed by atoms with Gasteiger partial charge in [0, 0.05) is 37.5 Å². The van der Waals surface area contributed by atoms with Crippen molar-refractivity contribution < 1.29 is 19.0 Å². The summed E-state index contributed by atoms with van der Waals surface area (Å²) >= 11 is 0. The summed E-state index contributed by atoms with van der Waals surface area (Å²) in [6, 6.07) is 29.4. The molecule has 0 radical (unpaired) electrons. The largest absolute Gasteiger partial charge is 0.473 e. The number of nitrogens with zero attached hydrogens (tertiary/aromatic N) is 2. The molecular weight excluding hydrogens is 588 g/mol. The molecule has 1 aliphatic rings. The van der Waals surface area contributed by atoms with E-state index in [1.807, 2.05) is 121 Å². The number of hydrogen-bond acceptors (Lipinski definition) is 7. The van der Waals surface area contributed by atoms with E-state index >= 15 is 0 Å². The predicted octanol–water partition coefficient (Wildman–Crippen LogP) is 8.38. The zero-order valence-corrected chi connectivity index (χ0v) is 28.5. The maximum Gasteiger partial charge on any atom is 0.410 e. The van der Waals surface area contributed by atoms with Crippen LogP contribution < -0.4 is 20.5 Å². The topological polar surface area (TPSA) is 98.9 Å². The third kappa shape index (κ3) is 9.83. The summed E-state index contributed by atoms with van der Waals surface area (Å²) < 4.78 is 17.8. The summed E-state index contributed by atoms with van der Waals surface area (Å²) in [4.78, 5) is 19.0. The Morgan fingerprint density at radius 3 is 2.09 bits per heavy atom. The maximum atomic E-state index is 12.5. The summed E-state index contributed by atoms with van der Waals surface area (Å²) in [5, 5.41) is 3.33. The van der Waals surface area contributed by atoms with Crippen LogP contribution in [0.25, 0.3) is 5.57 Å². The van der Waals surface area contributed by atoms with Crippen molar-refractivity contribution in [2.45, 2.75) is 65.9 Å². The lowest BCUT2D eigenvalue weighted by molar-refractivity contribution is 0.0270. The van der Waals surface area contributed by atoms with E-state index in [-0.39, 0.29) is 6.09 Å². The number of anilines is 1. The Bertz CT molecular complexity index is 1620. The zero-order valence-electron chi connectivity index (χ0n) is 28.5. The minimum atomic E-state index is -0.519. The summed E-state index contributed by atoms with van der Waals surface area (Å²) in [5.74, 6) is 0.895. The standard InChI is InChI=1S/C37H42N4O4.C2H6/c1-37(2,3)45-36(42)41-21-19-28(20-22-41)29-15-16-30(32(23-29)39-4)34(38)31-17-18-33(43-24-26-11-7-5-8-12-26)40-35(31)44-25-27-13-9-6-10-14-27;1-2/h5-19,23,34,39H,20-22,24-25,38H2,1-4H3;1-2H3. The molecule has 1 unspecified atom stereocenters. The number of pyridine rings is 1. The van der Waals surface area contributed by atoms with Gasteiger partial charge in [-0.2, -0.15) is 4.98 Å². The van der Waals surface area contributed by atoms with Crippen molar-refractivity contribution in [1.82, 2.24) is 9.88 Å². The number of carbonyl (C=O) groups excluding carboxylic acids is 1. The number of aromatic nitrogens is 1. The van der Waals surface area contributed by atoms with Crippen molar-refractivity contribution in [1.29, 1.82) is 0 Å². The maximum absolute atomic E-state index is 12.5. The van der Waals surface area contributed by atoms with Gasteiger partial charge in [0.15, 0.2) is 0 Å². The summed E-state index contributed by atoms with van der Waals surface area (Å²) in [6.45, 7) is 11.5. The second-order valence-electron chi connectivity index (χ2n) is 12.0. The van der Waals surface area contributed by atoms with E-state index in [2.05, 4.69) is 23.5 Å². The van der Waals surface area contributed by atoms with Crippen molar-refractivity contribution in [3.63, 3.8) is 0 Å². The van der Waals surface area contributed by atoms with Gasteiger partial charge in [-0.15, -0.1) is 0 Å². The highest BCUT2D eigenvalue weighted by molar-refractivity contribution is 5.75. The fourth-order valence-electron chi connectivity index (χ4n) is 5.16. The molecule has 3 N–H and O–H groups in total. The van der Waals surface area contributed by atoms with Gasteiger partial charge in [-0.05, 0) is 67.2 Å². The van der Waals surface area contributed by atoms with Crippen LogP contribution in [0.2, 0.25) is 0 Å². The number of nitrogens with one attached hydrogen (secondary N) is 1. The van der Waals surface area contributed by atoms with Crippen LogP contribution in [0, 0.1) is 0 Å². The molecule has 4 aromatic rings. The molecule has 0 fully saturated rings. The molecule has 8 nitrogen and oxygen atoms in total. The van der Waals surface area contributed by atoms with E-state index in [4.69, 9.17) is 24.9 Å². The Hall–Kier alpha value is -4.82. The molecule has 1 amide bonds. The molecule has 0 saturated carbocycles. The van der Waals surface area contributed by atoms with E-state index < -0.39 is 11.6 Å². The fraction of sp³-hybridized carbons (Fsp3) is 0.333. The third-order valence-electron chi connectivity index (χ3n) is 7.54. The number of rotatable bonds is 10. The van der Waals surface area contributed by atoms with Crippen LogP contribution in [0.5, 0.6) is 11.8 Å². The quantitative estimate of drug-likeness (QED) is 0.180. The van der Waals surface area contributed by atoms with Gasteiger partial charge in [0.05, 0.1) is 6.04 Å². The van der Waals surface area contributed by atoms with E-state index in [0.717, 1.165) is 39.9 Å². The molecule has 47 heavy (non-hydrogen) atoms. The molecule has 1 aliphatic heterocycles. The first-order valence-electron chi connectivity index (χ1n) is 16.3. The summed E-state index contributed by atoms with van der Waals surface area (Å²) in [5.41, 5.74) is 13.3. The van der Waals surface area contributed by atoms with E-state index in [0.29, 0.717) is 38.1 Å². The van der Waals surface area contributed by atoms with Crippen LogP contribution in [0.3, 0.4) is 0 Å². The van der Waals surface area contributed by atoms with Crippen molar-refractivity contribution in [2.24, 2.45) is 5.73 Å². The fourth-order valence-corrected chi connectivity index (χ4v) is 5.16. The predicted molar refractivity (Wildman–Crippen MR) is 190 cm³/mol. The number of carbonyl (C=O) groups is 1. The Balaban J connectivity index is 0.00000245. The van der Waals surface area contributed by atoms with Gasteiger partial charge in [-0.1, -0.05) is 92.7 Å². The Kier molecular flexibility index (Phi) is 12.4. The Labute approximate surface area is 279 Å². The van der Waals surface area contributed by atoms with Gasteiger partial charge in [0.1, 0.15) is 18.8 Å². The van der Waals surface area contributed by atoms with E-state index in [1.165, 1.54) is 5.57 Å². The van der Waals surface area contributed by atoms with Crippen molar-refractivity contribution >= 4 is 17.4 Å². The van der Waals surface area contributed by atoms with Crippen LogP contribution >= 0.6 is 0 Å². The molecule has 0 saturated heterocycles. The Morgan fingerprint density at radius 1 is 0.894 bits per heavy atom. The van der Waals surface area contributed by atoms with Crippen LogP contribution in [-0.4, -0.2) is 41.7 Å². The first kappa shape index (κ1) is 35.0. The molecule has 0 bridgehead atoms. The van der Waals surface area contributed by atoms with Crippen molar-refractivity contribution in [3.05, 3.63) is 125 Å². The average Bonchev–Trinajstić information content (AvgIpc) is 3.10. The van der Waals surface area contributed by atoms with Crippen LogP contribution in [0.1, 0.15) is 74.9 Å². The molecule has 8 heteroatoms. The van der Waals surface area contributed by atoms with Gasteiger partial charge in [-0.3, -0.25) is 0 Å². The highest BCUT2D eigenvalue weighted by Crippen LogP contribution is 2.35. The smallest absolute Gasteiger partial charge is 0.410 e. The number of amides is 1. The molecule has 1 aromatic heterocycles. The molecule has 0 aliphatic carbocycles. The number of hydrogen-bond donors (Lipinski definition) is 2. The van der Waals surface area contributed by atoms with E-state index in [1.54, 1.807) is 4.90 Å². The molecule has 3 aromatic carbocycles. The Morgan fingerprint density at radius 2 is 1.51 bits per heavy atom. The number of nitrogens with two attached hydrogens (primary N) is 1. The molecular formula is C39H48N4O4. The monoisotopic (exact) mass is 636 g/mol. The lowest BCUT2D eigenvalue weighted by atomic mass is 9.93. The van der Waals surface area contributed by atoms with Gasteiger partial charge >= 0.3 is 6.09 Å². The molecule has 1 atom stereocenters. The molecule has 2 heterocycles. The third-order valence-corrected chi connectivity index (χ3v) is 7.54. The van der Waals surface area contributed by atoms with Crippen LogP contribution in [-0.2, 0) is 18.0 Å². The first-order valence-corrected chi connectivity index (χ1v) is 16.3. The zero-order chi connectivity index (χ0) is 33.8. The average molecular weight is 637 g/mol. The second-order valence-corrected chi connectivity index (χ2v) is 12.0. The molecule has 0 spiro atoms. The second kappa shape index (κ2) is 16.7. The number of ether oxygens (including phenoxy) is 3. The van der Waals surface area contributed by atoms with E-state index in [9.17, 15) is 4.79 Å².